The molecule has 0 fully saturated rings. The van der Waals surface area contributed by atoms with Crippen LogP contribution in [0.15, 0.2) is 40.9 Å². The van der Waals surface area contributed by atoms with Crippen molar-refractivity contribution in [2.75, 3.05) is 11.9 Å². The predicted octanol–water partition coefficient (Wildman–Crippen LogP) is 5.30. The number of amides is 2. The summed E-state index contributed by atoms with van der Waals surface area (Å²) in [5, 5.41) is 2.94. The molecule has 0 radical (unpaired) electrons. The first-order chi connectivity index (χ1) is 13.1. The van der Waals surface area contributed by atoms with Gasteiger partial charge in [-0.1, -0.05) is 22.0 Å². The van der Waals surface area contributed by atoms with Crippen LogP contribution in [-0.4, -0.2) is 29.0 Å². The molecule has 0 aromatic heterocycles. The number of rotatable bonds is 2. The van der Waals surface area contributed by atoms with E-state index in [1.54, 1.807) is 11.0 Å². The Morgan fingerprint density at radius 3 is 2.54 bits per heavy atom. The van der Waals surface area contributed by atoms with E-state index in [0.29, 0.717) is 25.1 Å². The standard InChI is InChI=1S/C22H25BrN2O3/c1-14-11-18(7-8-19(14)23)24-20(26)16-5-6-17-13-25(10-9-15(17)12-16)21(27)28-22(2,3)4/h5-8,11-12H,9-10,13H2,1-4H3,(H,24,26). The highest BCUT2D eigenvalue weighted by Crippen LogP contribution is 2.24. The van der Waals surface area contributed by atoms with Crippen molar-refractivity contribution in [2.45, 2.75) is 46.3 Å². The summed E-state index contributed by atoms with van der Waals surface area (Å²) in [7, 11) is 0. The second-order valence-corrected chi connectivity index (χ2v) is 8.91. The van der Waals surface area contributed by atoms with Crippen LogP contribution in [-0.2, 0) is 17.7 Å². The second-order valence-electron chi connectivity index (χ2n) is 8.05. The fraction of sp³-hybridized carbons (Fsp3) is 0.364. The number of benzene rings is 2. The molecule has 0 saturated carbocycles. The van der Waals surface area contributed by atoms with Crippen molar-refractivity contribution < 1.29 is 14.3 Å². The first kappa shape index (κ1) is 20.4. The summed E-state index contributed by atoms with van der Waals surface area (Å²) >= 11 is 3.46. The highest BCUT2D eigenvalue weighted by molar-refractivity contribution is 9.10. The number of hydrogen-bond acceptors (Lipinski definition) is 3. The lowest BCUT2D eigenvalue weighted by Gasteiger charge is -2.31. The van der Waals surface area contributed by atoms with Gasteiger partial charge in [0.1, 0.15) is 5.60 Å². The fourth-order valence-electron chi connectivity index (χ4n) is 3.10. The SMILES string of the molecule is Cc1cc(NC(=O)c2ccc3c(c2)CCN(C(=O)OC(C)(C)C)C3)ccc1Br. The van der Waals surface area contributed by atoms with Gasteiger partial charge in [-0.05, 0) is 81.1 Å². The van der Waals surface area contributed by atoms with Gasteiger partial charge in [0.05, 0.1) is 0 Å². The van der Waals surface area contributed by atoms with Crippen molar-refractivity contribution in [1.82, 2.24) is 4.90 Å². The highest BCUT2D eigenvalue weighted by Gasteiger charge is 2.26. The Kier molecular flexibility index (Phi) is 5.79. The number of nitrogens with one attached hydrogen (secondary N) is 1. The third-order valence-corrected chi connectivity index (χ3v) is 5.44. The van der Waals surface area contributed by atoms with Crippen LogP contribution in [0.5, 0.6) is 0 Å². The third kappa shape index (κ3) is 4.93. The third-order valence-electron chi connectivity index (χ3n) is 4.55. The van der Waals surface area contributed by atoms with E-state index in [-0.39, 0.29) is 12.0 Å². The molecule has 2 amide bonds. The molecule has 2 aromatic rings. The monoisotopic (exact) mass is 444 g/mol. The zero-order chi connectivity index (χ0) is 20.5. The minimum atomic E-state index is -0.509. The van der Waals surface area contributed by atoms with Gasteiger partial charge >= 0.3 is 6.09 Å². The molecule has 0 saturated heterocycles. The summed E-state index contributed by atoms with van der Waals surface area (Å²) in [4.78, 5) is 26.6. The lowest BCUT2D eigenvalue weighted by Crippen LogP contribution is -2.39. The maximum Gasteiger partial charge on any atom is 0.410 e. The Balaban J connectivity index is 1.70. The van der Waals surface area contributed by atoms with E-state index in [2.05, 4.69) is 21.2 Å². The summed E-state index contributed by atoms with van der Waals surface area (Å²) in [6.07, 6.45) is 0.401. The number of carbonyl (C=O) groups is 2. The van der Waals surface area contributed by atoms with Crippen molar-refractivity contribution in [3.8, 4) is 0 Å². The number of carbonyl (C=O) groups excluding carboxylic acids is 2. The molecule has 6 heteroatoms. The average Bonchev–Trinajstić information content (AvgIpc) is 2.62. The summed E-state index contributed by atoms with van der Waals surface area (Å²) in [6, 6.07) is 11.4. The topological polar surface area (TPSA) is 58.6 Å². The molecule has 1 aliphatic heterocycles. The number of nitrogens with zero attached hydrogens (tertiary/aromatic N) is 1. The highest BCUT2D eigenvalue weighted by atomic mass is 79.9. The van der Waals surface area contributed by atoms with Gasteiger partial charge in [-0.15, -0.1) is 0 Å². The van der Waals surface area contributed by atoms with Crippen LogP contribution < -0.4 is 5.32 Å². The molecule has 5 nitrogen and oxygen atoms in total. The van der Waals surface area contributed by atoms with E-state index in [4.69, 9.17) is 4.74 Å². The van der Waals surface area contributed by atoms with Gasteiger partial charge < -0.3 is 15.0 Å². The molecule has 0 unspecified atom stereocenters. The zero-order valence-corrected chi connectivity index (χ0v) is 18.2. The number of aryl methyl sites for hydroxylation is 1. The predicted molar refractivity (Wildman–Crippen MR) is 114 cm³/mol. The Hall–Kier alpha value is -2.34. The average molecular weight is 445 g/mol. The Labute approximate surface area is 174 Å². The molecule has 1 heterocycles. The molecular weight excluding hydrogens is 420 g/mol. The number of fused-ring (bicyclic) bond motifs is 1. The Bertz CT molecular complexity index is 918. The summed E-state index contributed by atoms with van der Waals surface area (Å²) in [6.45, 7) is 8.65. The molecule has 28 heavy (non-hydrogen) atoms. The lowest BCUT2D eigenvalue weighted by atomic mass is 9.97. The van der Waals surface area contributed by atoms with Crippen LogP contribution in [0.1, 0.15) is 47.8 Å². The van der Waals surface area contributed by atoms with Crippen LogP contribution in [0.2, 0.25) is 0 Å². The number of hydrogen-bond donors (Lipinski definition) is 1. The quantitative estimate of drug-likeness (QED) is 0.682. The summed E-state index contributed by atoms with van der Waals surface area (Å²) in [5.74, 6) is -0.140. The van der Waals surface area contributed by atoms with Crippen molar-refractivity contribution in [1.29, 1.82) is 0 Å². The summed E-state index contributed by atoms with van der Waals surface area (Å²) in [5.41, 5.74) is 4.08. The zero-order valence-electron chi connectivity index (χ0n) is 16.6. The number of anilines is 1. The van der Waals surface area contributed by atoms with Crippen LogP contribution in [0.25, 0.3) is 0 Å². The van der Waals surface area contributed by atoms with Crippen LogP contribution in [0, 0.1) is 6.92 Å². The molecule has 3 rings (SSSR count). The molecular formula is C22H25BrN2O3. The lowest BCUT2D eigenvalue weighted by molar-refractivity contribution is 0.0224. The van der Waals surface area contributed by atoms with E-state index in [1.165, 1.54) is 0 Å². The van der Waals surface area contributed by atoms with E-state index in [1.807, 2.05) is 58.0 Å². The molecule has 0 aliphatic carbocycles. The number of halogens is 1. The van der Waals surface area contributed by atoms with Crippen molar-refractivity contribution in [3.05, 3.63) is 63.1 Å². The van der Waals surface area contributed by atoms with E-state index in [0.717, 1.165) is 26.9 Å². The van der Waals surface area contributed by atoms with Crippen LogP contribution in [0.4, 0.5) is 10.5 Å². The van der Waals surface area contributed by atoms with E-state index >= 15 is 0 Å². The van der Waals surface area contributed by atoms with E-state index < -0.39 is 5.60 Å². The van der Waals surface area contributed by atoms with Crippen molar-refractivity contribution in [3.63, 3.8) is 0 Å². The van der Waals surface area contributed by atoms with Gasteiger partial charge in [0.15, 0.2) is 0 Å². The maximum atomic E-state index is 12.6. The van der Waals surface area contributed by atoms with Crippen LogP contribution in [0.3, 0.4) is 0 Å². The Morgan fingerprint density at radius 1 is 1.11 bits per heavy atom. The molecule has 1 N–H and O–H groups in total. The van der Waals surface area contributed by atoms with Crippen molar-refractivity contribution in [2.24, 2.45) is 0 Å². The van der Waals surface area contributed by atoms with Gasteiger partial charge in [-0.25, -0.2) is 4.79 Å². The second kappa shape index (κ2) is 7.95. The minimum Gasteiger partial charge on any atom is -0.444 e. The van der Waals surface area contributed by atoms with Gasteiger partial charge in [0, 0.05) is 28.8 Å². The molecule has 0 bridgehead atoms. The maximum absolute atomic E-state index is 12.6. The first-order valence-corrected chi connectivity index (χ1v) is 10.1. The first-order valence-electron chi connectivity index (χ1n) is 9.29. The molecule has 148 valence electrons. The largest absolute Gasteiger partial charge is 0.444 e. The molecule has 0 atom stereocenters. The summed E-state index contributed by atoms with van der Waals surface area (Å²) < 4.78 is 6.47. The number of ether oxygens (including phenoxy) is 1. The van der Waals surface area contributed by atoms with E-state index in [9.17, 15) is 9.59 Å². The Morgan fingerprint density at radius 2 is 1.86 bits per heavy atom. The molecule has 0 spiro atoms. The van der Waals surface area contributed by atoms with Gasteiger partial charge in [0.25, 0.3) is 5.91 Å². The van der Waals surface area contributed by atoms with Crippen molar-refractivity contribution >= 4 is 33.6 Å². The molecule has 2 aromatic carbocycles. The minimum absolute atomic E-state index is 0.140. The normalized spacial score (nSPS) is 13.7. The van der Waals surface area contributed by atoms with Crippen LogP contribution >= 0.6 is 15.9 Å². The van der Waals surface area contributed by atoms with Gasteiger partial charge in [-0.2, -0.15) is 0 Å². The smallest absolute Gasteiger partial charge is 0.410 e. The molecule has 1 aliphatic rings. The van der Waals surface area contributed by atoms with Gasteiger partial charge in [0.2, 0.25) is 0 Å². The fourth-order valence-corrected chi connectivity index (χ4v) is 3.35. The van der Waals surface area contributed by atoms with Gasteiger partial charge in [-0.3, -0.25) is 4.79 Å².